The van der Waals surface area contributed by atoms with Crippen LogP contribution in [-0.2, 0) is 9.53 Å². The molecule has 0 bridgehead atoms. The molecule has 2 aliphatic heterocycles. The van der Waals surface area contributed by atoms with Crippen LogP contribution in [0.3, 0.4) is 0 Å². The molecule has 5 amide bonds. The number of aryl methyl sites for hydroxylation is 1. The van der Waals surface area contributed by atoms with Crippen molar-refractivity contribution in [2.75, 3.05) is 50.6 Å². The minimum absolute atomic E-state index is 0.0386. The van der Waals surface area contributed by atoms with Gasteiger partial charge in [0.05, 0.1) is 30.1 Å². The number of hydrogen-bond acceptors (Lipinski definition) is 8. The maximum absolute atomic E-state index is 15.5. The zero-order valence-corrected chi connectivity index (χ0v) is 32.9. The summed E-state index contributed by atoms with van der Waals surface area (Å²) in [7, 11) is 2.88. The topological polar surface area (TPSA) is 165 Å². The summed E-state index contributed by atoms with van der Waals surface area (Å²) in [5.41, 5.74) is 4.15. The number of nitrogens with zero attached hydrogens (tertiary/aromatic N) is 5. The molecule has 4 aromatic rings. The van der Waals surface area contributed by atoms with Crippen LogP contribution < -0.4 is 20.9 Å². The number of aromatic nitrogens is 3. The lowest BCUT2D eigenvalue weighted by atomic mass is 9.98. The van der Waals surface area contributed by atoms with Gasteiger partial charge in [-0.15, -0.1) is 0 Å². The summed E-state index contributed by atoms with van der Waals surface area (Å²) >= 11 is 0. The highest BCUT2D eigenvalue weighted by atomic mass is 19.1. The standard InChI is InChI=1S/C41H50FN9O5/c1-23(2)36(48-41(55)56-7)39(53)51-21-24(3)16-34(51)37-45-20-33(46-37)28-10-8-27(9-11-28)30-18-31(42)32(17-25(30)4)47-38(52)29-12-13-35(44-19-29)50-15-14-49(22-26(50)5)40(54)43-6/h8-13,17-20,23-24,26,34,36H,14-16,21-22H2,1-7H3,(H,43,54)(H,45,46)(H,47,52)(H,48,55)/t24-,26+,34-,36-/m0/s1. The highest BCUT2D eigenvalue weighted by molar-refractivity contribution is 6.04. The number of rotatable bonds is 9. The number of hydrogen-bond donors (Lipinski definition) is 4. The number of H-pyrrole nitrogens is 1. The average Bonchev–Trinajstić information content (AvgIpc) is 3.84. The minimum atomic E-state index is -0.730. The molecule has 6 rings (SSSR count). The van der Waals surface area contributed by atoms with Crippen LogP contribution in [0.5, 0.6) is 0 Å². The number of benzene rings is 2. The first-order chi connectivity index (χ1) is 26.8. The van der Waals surface area contributed by atoms with Crippen LogP contribution in [0, 0.1) is 24.6 Å². The van der Waals surface area contributed by atoms with E-state index in [1.54, 1.807) is 35.0 Å². The molecule has 2 fully saturated rings. The van der Waals surface area contributed by atoms with Crippen LogP contribution in [-0.4, -0.2) is 101 Å². The van der Waals surface area contributed by atoms with Crippen LogP contribution in [0.2, 0.25) is 0 Å². The van der Waals surface area contributed by atoms with E-state index in [0.29, 0.717) is 54.6 Å². The number of nitrogens with one attached hydrogen (secondary N) is 4. The molecule has 2 aromatic carbocycles. The first-order valence-corrected chi connectivity index (χ1v) is 18.9. The van der Waals surface area contributed by atoms with Crippen LogP contribution in [0.15, 0.2) is 60.9 Å². The first-order valence-electron chi connectivity index (χ1n) is 18.9. The van der Waals surface area contributed by atoms with Crippen molar-refractivity contribution < 1.29 is 28.3 Å². The van der Waals surface area contributed by atoms with Gasteiger partial charge in [-0.25, -0.2) is 23.9 Å². The number of halogens is 1. The SMILES string of the molecule is CNC(=O)N1CCN(c2ccc(C(=O)Nc3cc(C)c(-c4ccc(-c5c[nH]c([C@@H]6C[C@H](C)CN6C(=O)[C@@H](NC(=O)OC)C(C)C)n5)cc4)cc3F)cn2)[C@H](C)C1. The summed E-state index contributed by atoms with van der Waals surface area (Å²) in [4.78, 5) is 69.1. The third-order valence-electron chi connectivity index (χ3n) is 10.6. The Morgan fingerprint density at radius 2 is 1.73 bits per heavy atom. The van der Waals surface area contributed by atoms with Crippen LogP contribution in [0.4, 0.5) is 25.5 Å². The second-order valence-corrected chi connectivity index (χ2v) is 15.0. The van der Waals surface area contributed by atoms with E-state index in [0.717, 1.165) is 23.1 Å². The van der Waals surface area contributed by atoms with Gasteiger partial charge in [0.1, 0.15) is 23.5 Å². The van der Waals surface area contributed by atoms with Crippen molar-refractivity contribution in [2.45, 2.75) is 59.2 Å². The van der Waals surface area contributed by atoms with Gasteiger partial charge in [0, 0.05) is 57.2 Å². The second kappa shape index (κ2) is 16.8. The number of carbonyl (C=O) groups excluding carboxylic acids is 4. The number of carbonyl (C=O) groups is 4. The Kier molecular flexibility index (Phi) is 11.9. The summed E-state index contributed by atoms with van der Waals surface area (Å²) in [6.07, 6.45) is 3.36. The Morgan fingerprint density at radius 1 is 1.00 bits per heavy atom. The summed E-state index contributed by atoms with van der Waals surface area (Å²) in [6, 6.07) is 13.0. The van der Waals surface area contributed by atoms with E-state index in [2.05, 4.69) is 37.7 Å². The van der Waals surface area contributed by atoms with Gasteiger partial charge in [0.15, 0.2) is 0 Å². The molecule has 14 nitrogen and oxygen atoms in total. The number of anilines is 2. The fourth-order valence-electron chi connectivity index (χ4n) is 7.52. The van der Waals surface area contributed by atoms with E-state index < -0.39 is 23.9 Å². The fraction of sp³-hybridized carbons (Fsp3) is 0.415. The van der Waals surface area contributed by atoms with Gasteiger partial charge in [0.2, 0.25) is 5.91 Å². The van der Waals surface area contributed by atoms with Gasteiger partial charge < -0.3 is 40.4 Å². The number of likely N-dealkylation sites (tertiary alicyclic amines) is 1. The molecule has 0 spiro atoms. The molecule has 0 aliphatic carbocycles. The molecule has 2 aliphatic rings. The number of amides is 5. The Labute approximate surface area is 326 Å². The number of urea groups is 1. The zero-order chi connectivity index (χ0) is 40.3. The van der Waals surface area contributed by atoms with Gasteiger partial charge >= 0.3 is 12.1 Å². The molecule has 0 unspecified atom stereocenters. The minimum Gasteiger partial charge on any atom is -0.453 e. The molecule has 296 valence electrons. The largest absolute Gasteiger partial charge is 0.453 e. The molecule has 2 saturated heterocycles. The van der Waals surface area contributed by atoms with E-state index in [1.165, 1.54) is 19.4 Å². The van der Waals surface area contributed by atoms with E-state index in [-0.39, 0.29) is 41.5 Å². The van der Waals surface area contributed by atoms with Crippen molar-refractivity contribution in [3.8, 4) is 22.4 Å². The lowest BCUT2D eigenvalue weighted by molar-refractivity contribution is -0.135. The van der Waals surface area contributed by atoms with Crippen molar-refractivity contribution in [2.24, 2.45) is 11.8 Å². The van der Waals surface area contributed by atoms with Crippen molar-refractivity contribution in [1.29, 1.82) is 0 Å². The molecular formula is C41H50FN9O5. The third-order valence-corrected chi connectivity index (χ3v) is 10.6. The fourth-order valence-corrected chi connectivity index (χ4v) is 7.52. The lowest BCUT2D eigenvalue weighted by Crippen LogP contribution is -2.55. The van der Waals surface area contributed by atoms with E-state index >= 15 is 4.39 Å². The Hall–Kier alpha value is -5.99. The van der Waals surface area contributed by atoms with Crippen LogP contribution in [0.1, 0.15) is 61.9 Å². The number of methoxy groups -OCH3 is 1. The van der Waals surface area contributed by atoms with E-state index in [1.807, 2.05) is 58.2 Å². The molecule has 0 saturated carbocycles. The molecule has 2 aromatic heterocycles. The number of imidazole rings is 1. The lowest BCUT2D eigenvalue weighted by Gasteiger charge is -2.40. The van der Waals surface area contributed by atoms with Crippen molar-refractivity contribution in [3.63, 3.8) is 0 Å². The molecule has 4 atom stereocenters. The van der Waals surface area contributed by atoms with Gasteiger partial charge in [-0.2, -0.15) is 0 Å². The maximum Gasteiger partial charge on any atom is 0.407 e. The summed E-state index contributed by atoms with van der Waals surface area (Å²) in [6.45, 7) is 12.0. The number of ether oxygens (including phenoxy) is 1. The highest BCUT2D eigenvalue weighted by Gasteiger charge is 2.40. The molecular weight excluding hydrogens is 718 g/mol. The Balaban J connectivity index is 1.11. The molecule has 0 radical (unpaired) electrons. The van der Waals surface area contributed by atoms with Gasteiger partial charge in [-0.1, -0.05) is 45.0 Å². The predicted octanol–water partition coefficient (Wildman–Crippen LogP) is 5.98. The van der Waals surface area contributed by atoms with E-state index in [9.17, 15) is 19.2 Å². The van der Waals surface area contributed by atoms with Crippen molar-refractivity contribution >= 4 is 35.4 Å². The molecule has 15 heteroatoms. The third kappa shape index (κ3) is 8.46. The van der Waals surface area contributed by atoms with Crippen molar-refractivity contribution in [1.82, 2.24) is 35.4 Å². The van der Waals surface area contributed by atoms with Gasteiger partial charge in [-0.05, 0) is 73.1 Å². The number of pyridine rings is 1. The van der Waals surface area contributed by atoms with E-state index in [4.69, 9.17) is 9.72 Å². The second-order valence-electron chi connectivity index (χ2n) is 15.0. The Bertz CT molecular complexity index is 2070. The predicted molar refractivity (Wildman–Crippen MR) is 212 cm³/mol. The molecule has 4 heterocycles. The first kappa shape index (κ1) is 39.7. The average molecular weight is 768 g/mol. The van der Waals surface area contributed by atoms with Crippen LogP contribution in [0.25, 0.3) is 22.4 Å². The normalized spacial score (nSPS) is 18.8. The van der Waals surface area contributed by atoms with Crippen molar-refractivity contribution in [3.05, 3.63) is 83.7 Å². The van der Waals surface area contributed by atoms with Crippen LogP contribution >= 0.6 is 0 Å². The molecule has 56 heavy (non-hydrogen) atoms. The maximum atomic E-state index is 15.5. The van der Waals surface area contributed by atoms with Gasteiger partial charge in [0.25, 0.3) is 5.91 Å². The van der Waals surface area contributed by atoms with Gasteiger partial charge in [-0.3, -0.25) is 9.59 Å². The molecule has 4 N–H and O–H groups in total. The highest BCUT2D eigenvalue weighted by Crippen LogP contribution is 2.36. The summed E-state index contributed by atoms with van der Waals surface area (Å²) in [5, 5.41) is 8.03. The quantitative estimate of drug-likeness (QED) is 0.162. The smallest absolute Gasteiger partial charge is 0.407 e. The monoisotopic (exact) mass is 767 g/mol. The Morgan fingerprint density at radius 3 is 2.38 bits per heavy atom. The number of piperazine rings is 1. The number of alkyl carbamates (subject to hydrolysis) is 1. The summed E-state index contributed by atoms with van der Waals surface area (Å²) in [5.74, 6) is 0.238. The zero-order valence-electron chi connectivity index (χ0n) is 32.9. The number of aromatic amines is 1. The summed E-state index contributed by atoms with van der Waals surface area (Å²) < 4.78 is 20.3.